The number of rotatable bonds is 8. The van der Waals surface area contributed by atoms with E-state index in [4.69, 9.17) is 0 Å². The van der Waals surface area contributed by atoms with Gasteiger partial charge in [-0.15, -0.1) is 10.2 Å². The van der Waals surface area contributed by atoms with Crippen molar-refractivity contribution in [1.29, 1.82) is 0 Å². The maximum atomic E-state index is 13.5. The van der Waals surface area contributed by atoms with Crippen LogP contribution in [0, 0.1) is 12.7 Å². The van der Waals surface area contributed by atoms with Gasteiger partial charge in [0.1, 0.15) is 12.4 Å². The zero-order valence-electron chi connectivity index (χ0n) is 19.1. The van der Waals surface area contributed by atoms with Crippen molar-refractivity contribution >= 4 is 21.6 Å². The number of hydrogen-bond acceptors (Lipinski definition) is 6. The molecule has 0 saturated carbocycles. The smallest absolute Gasteiger partial charge is 0.248 e. The Balaban J connectivity index is 1.37. The number of sulfonamides is 1. The lowest BCUT2D eigenvalue weighted by atomic mass is 10.1. The third kappa shape index (κ3) is 5.76. The van der Waals surface area contributed by atoms with Gasteiger partial charge in [-0.2, -0.15) is 9.10 Å². The van der Waals surface area contributed by atoms with Gasteiger partial charge in [-0.3, -0.25) is 4.79 Å². The van der Waals surface area contributed by atoms with Gasteiger partial charge in [-0.25, -0.2) is 12.8 Å². The molecule has 0 atom stereocenters. The predicted molar refractivity (Wildman–Crippen MR) is 128 cm³/mol. The van der Waals surface area contributed by atoms with Gasteiger partial charge in [0.25, 0.3) is 0 Å². The summed E-state index contributed by atoms with van der Waals surface area (Å²) in [5.41, 5.74) is 2.34. The van der Waals surface area contributed by atoms with E-state index in [0.717, 1.165) is 10.4 Å². The van der Waals surface area contributed by atoms with Gasteiger partial charge in [0.05, 0.1) is 4.90 Å². The molecule has 0 aliphatic heterocycles. The third-order valence-corrected chi connectivity index (χ3v) is 7.07. The van der Waals surface area contributed by atoms with Gasteiger partial charge in [0.15, 0.2) is 0 Å². The van der Waals surface area contributed by atoms with Crippen LogP contribution < -0.4 is 5.32 Å². The molecule has 0 aliphatic carbocycles. The standard InChI is InChI=1S/C24H23FN6O3S/c1-17-14-19(8-13-22(17)25)24-27-29-31(28-24)16-23(32)26-20-9-11-21(12-10-20)35(33,34)30(2)15-18-6-4-3-5-7-18/h3-14H,15-16H2,1-2H3,(H,26,32). The summed E-state index contributed by atoms with van der Waals surface area (Å²) >= 11 is 0. The van der Waals surface area contributed by atoms with Crippen LogP contribution in [0.5, 0.6) is 0 Å². The maximum absolute atomic E-state index is 13.5. The Labute approximate surface area is 202 Å². The fourth-order valence-electron chi connectivity index (χ4n) is 3.35. The molecule has 0 fully saturated rings. The van der Waals surface area contributed by atoms with Crippen molar-refractivity contribution in [3.63, 3.8) is 0 Å². The summed E-state index contributed by atoms with van der Waals surface area (Å²) in [4.78, 5) is 13.6. The Morgan fingerprint density at radius 1 is 1.06 bits per heavy atom. The molecule has 0 radical (unpaired) electrons. The zero-order valence-corrected chi connectivity index (χ0v) is 19.9. The Kier molecular flexibility index (Phi) is 6.99. The third-order valence-electron chi connectivity index (χ3n) is 5.25. The number of carbonyl (C=O) groups is 1. The van der Waals surface area contributed by atoms with Crippen molar-refractivity contribution in [1.82, 2.24) is 24.5 Å². The second-order valence-corrected chi connectivity index (χ2v) is 9.97. The van der Waals surface area contributed by atoms with Crippen LogP contribution in [0.3, 0.4) is 0 Å². The van der Waals surface area contributed by atoms with Crippen molar-refractivity contribution in [2.45, 2.75) is 24.9 Å². The first-order valence-electron chi connectivity index (χ1n) is 10.7. The summed E-state index contributed by atoms with van der Waals surface area (Å²) < 4.78 is 40.5. The van der Waals surface area contributed by atoms with Crippen molar-refractivity contribution in [3.05, 3.63) is 89.7 Å². The van der Waals surface area contributed by atoms with Crippen LogP contribution in [-0.4, -0.2) is 45.9 Å². The van der Waals surface area contributed by atoms with Crippen LogP contribution in [0.25, 0.3) is 11.4 Å². The Morgan fingerprint density at radius 2 is 1.77 bits per heavy atom. The lowest BCUT2D eigenvalue weighted by Crippen LogP contribution is -2.26. The Bertz CT molecular complexity index is 1440. The van der Waals surface area contributed by atoms with E-state index >= 15 is 0 Å². The fraction of sp³-hybridized carbons (Fsp3) is 0.167. The largest absolute Gasteiger partial charge is 0.324 e. The zero-order chi connectivity index (χ0) is 25.0. The van der Waals surface area contributed by atoms with E-state index in [1.807, 2.05) is 30.3 Å². The first-order chi connectivity index (χ1) is 16.7. The number of tetrazole rings is 1. The van der Waals surface area contributed by atoms with E-state index in [0.29, 0.717) is 16.8 Å². The minimum atomic E-state index is -3.70. The topological polar surface area (TPSA) is 110 Å². The lowest BCUT2D eigenvalue weighted by Gasteiger charge is -2.17. The number of hydrogen-bond donors (Lipinski definition) is 1. The molecule has 0 bridgehead atoms. The van der Waals surface area contributed by atoms with Gasteiger partial charge in [-0.1, -0.05) is 30.3 Å². The van der Waals surface area contributed by atoms with E-state index < -0.39 is 15.9 Å². The number of anilines is 1. The lowest BCUT2D eigenvalue weighted by molar-refractivity contribution is -0.117. The summed E-state index contributed by atoms with van der Waals surface area (Å²) in [6.45, 7) is 1.67. The number of halogens is 1. The van der Waals surface area contributed by atoms with E-state index in [9.17, 15) is 17.6 Å². The van der Waals surface area contributed by atoms with Gasteiger partial charge in [0.2, 0.25) is 21.8 Å². The average molecular weight is 495 g/mol. The molecular weight excluding hydrogens is 471 g/mol. The number of benzene rings is 3. The van der Waals surface area contributed by atoms with Crippen LogP contribution >= 0.6 is 0 Å². The first-order valence-corrected chi connectivity index (χ1v) is 12.1. The molecule has 1 amide bonds. The molecule has 1 heterocycles. The SMILES string of the molecule is Cc1cc(-c2nnn(CC(=O)Nc3ccc(S(=O)(=O)N(C)Cc4ccccc4)cc3)n2)ccc1F. The fourth-order valence-corrected chi connectivity index (χ4v) is 4.51. The molecule has 0 unspecified atom stereocenters. The highest BCUT2D eigenvalue weighted by atomic mass is 32.2. The van der Waals surface area contributed by atoms with Crippen molar-refractivity contribution in [3.8, 4) is 11.4 Å². The minimum Gasteiger partial charge on any atom is -0.324 e. The summed E-state index contributed by atoms with van der Waals surface area (Å²) in [5.74, 6) is -0.474. The summed E-state index contributed by atoms with van der Waals surface area (Å²) in [7, 11) is -2.18. The summed E-state index contributed by atoms with van der Waals surface area (Å²) in [6.07, 6.45) is 0. The second kappa shape index (κ2) is 10.1. The average Bonchev–Trinajstić information content (AvgIpc) is 3.30. The molecule has 4 rings (SSSR count). The number of aryl methyl sites for hydroxylation is 1. The molecule has 3 aromatic carbocycles. The van der Waals surface area contributed by atoms with Gasteiger partial charge >= 0.3 is 0 Å². The van der Waals surface area contributed by atoms with Crippen LogP contribution in [-0.2, 0) is 27.9 Å². The monoisotopic (exact) mass is 494 g/mol. The number of carbonyl (C=O) groups excluding carboxylic acids is 1. The maximum Gasteiger partial charge on any atom is 0.248 e. The van der Waals surface area contributed by atoms with Gasteiger partial charge in [-0.05, 0) is 65.7 Å². The molecular formula is C24H23FN6O3S. The van der Waals surface area contributed by atoms with E-state index in [1.165, 1.54) is 47.8 Å². The second-order valence-electron chi connectivity index (χ2n) is 7.93. The van der Waals surface area contributed by atoms with Crippen LogP contribution in [0.1, 0.15) is 11.1 Å². The normalized spacial score (nSPS) is 11.5. The van der Waals surface area contributed by atoms with E-state index in [1.54, 1.807) is 13.0 Å². The number of nitrogens with zero attached hydrogens (tertiary/aromatic N) is 5. The molecule has 0 saturated heterocycles. The van der Waals surface area contributed by atoms with E-state index in [-0.39, 0.29) is 29.6 Å². The summed E-state index contributed by atoms with van der Waals surface area (Å²) in [6, 6.07) is 19.7. The van der Waals surface area contributed by atoms with Crippen LogP contribution in [0.4, 0.5) is 10.1 Å². The summed E-state index contributed by atoms with van der Waals surface area (Å²) in [5, 5.41) is 14.6. The number of aromatic nitrogens is 4. The molecule has 9 nitrogen and oxygen atoms in total. The highest BCUT2D eigenvalue weighted by Crippen LogP contribution is 2.20. The number of amides is 1. The van der Waals surface area contributed by atoms with Crippen molar-refractivity contribution < 1.29 is 17.6 Å². The molecule has 0 spiro atoms. The first kappa shape index (κ1) is 24.2. The molecule has 180 valence electrons. The van der Waals surface area contributed by atoms with Crippen LogP contribution in [0.2, 0.25) is 0 Å². The molecule has 4 aromatic rings. The Morgan fingerprint density at radius 3 is 2.46 bits per heavy atom. The molecule has 1 aromatic heterocycles. The number of nitrogens with one attached hydrogen (secondary N) is 1. The van der Waals surface area contributed by atoms with Gasteiger partial charge < -0.3 is 5.32 Å². The Hall–Kier alpha value is -3.96. The quantitative estimate of drug-likeness (QED) is 0.403. The highest BCUT2D eigenvalue weighted by molar-refractivity contribution is 7.89. The van der Waals surface area contributed by atoms with Crippen molar-refractivity contribution in [2.75, 3.05) is 12.4 Å². The van der Waals surface area contributed by atoms with E-state index in [2.05, 4.69) is 20.7 Å². The molecule has 35 heavy (non-hydrogen) atoms. The molecule has 0 aliphatic rings. The predicted octanol–water partition coefficient (Wildman–Crippen LogP) is 3.25. The highest BCUT2D eigenvalue weighted by Gasteiger charge is 2.21. The van der Waals surface area contributed by atoms with Gasteiger partial charge in [0, 0.05) is 24.8 Å². The minimum absolute atomic E-state index is 0.117. The molecule has 11 heteroatoms. The van der Waals surface area contributed by atoms with Crippen LogP contribution in [0.15, 0.2) is 77.7 Å². The molecule has 1 N–H and O–H groups in total. The van der Waals surface area contributed by atoms with Crippen molar-refractivity contribution in [2.24, 2.45) is 0 Å².